The Balaban J connectivity index is 1.57. The van der Waals surface area contributed by atoms with Gasteiger partial charge in [-0.3, -0.25) is 5.32 Å². The van der Waals surface area contributed by atoms with Gasteiger partial charge in [0, 0.05) is 31.0 Å². The van der Waals surface area contributed by atoms with Gasteiger partial charge in [-0.15, -0.1) is 0 Å². The van der Waals surface area contributed by atoms with Crippen LogP contribution in [0.25, 0.3) is 0 Å². The Hall–Kier alpha value is -2.63. The molecular weight excluding hydrogens is 278 g/mol. The van der Waals surface area contributed by atoms with Crippen molar-refractivity contribution in [2.45, 2.75) is 18.9 Å². The Bertz CT molecular complexity index is 604. The van der Waals surface area contributed by atoms with E-state index >= 15 is 0 Å². The molecule has 0 saturated carbocycles. The summed E-state index contributed by atoms with van der Waals surface area (Å²) in [5.74, 6) is 0.526. The van der Waals surface area contributed by atoms with Crippen LogP contribution in [-0.4, -0.2) is 40.0 Å². The molecule has 0 spiro atoms. The van der Waals surface area contributed by atoms with E-state index in [0.29, 0.717) is 12.4 Å². The molecule has 0 radical (unpaired) electrons. The third-order valence-electron chi connectivity index (χ3n) is 3.67. The standard InChI is InChI=1S/C16H19N5O/c22-16(20-15-8-9-17-12-18-15)21-10-4-7-14(11-21)19-13-5-2-1-3-6-13/h1-3,5-6,8-9,12,14,19H,4,7,10-11H2,(H,17,18,20,22)/t14-/m1/s1. The summed E-state index contributed by atoms with van der Waals surface area (Å²) in [6.45, 7) is 1.45. The van der Waals surface area contributed by atoms with Crippen LogP contribution in [-0.2, 0) is 0 Å². The average Bonchev–Trinajstić information content (AvgIpc) is 2.57. The summed E-state index contributed by atoms with van der Waals surface area (Å²) < 4.78 is 0. The number of piperidine rings is 1. The smallest absolute Gasteiger partial charge is 0.323 e. The van der Waals surface area contributed by atoms with Gasteiger partial charge in [-0.2, -0.15) is 0 Å². The molecule has 1 fully saturated rings. The molecule has 1 aliphatic heterocycles. The molecule has 1 saturated heterocycles. The zero-order chi connectivity index (χ0) is 15.2. The third kappa shape index (κ3) is 3.72. The van der Waals surface area contributed by atoms with Crippen LogP contribution in [0.5, 0.6) is 0 Å². The number of amides is 2. The molecule has 0 aliphatic carbocycles. The number of benzene rings is 1. The zero-order valence-corrected chi connectivity index (χ0v) is 12.3. The highest BCUT2D eigenvalue weighted by Gasteiger charge is 2.23. The van der Waals surface area contributed by atoms with Gasteiger partial charge in [-0.1, -0.05) is 18.2 Å². The molecule has 2 aromatic rings. The Morgan fingerprint density at radius 2 is 2.09 bits per heavy atom. The van der Waals surface area contributed by atoms with E-state index in [2.05, 4.69) is 20.6 Å². The number of carbonyl (C=O) groups is 1. The Labute approximate surface area is 129 Å². The van der Waals surface area contributed by atoms with Crippen LogP contribution in [0, 0.1) is 0 Å². The molecule has 6 heteroatoms. The summed E-state index contributed by atoms with van der Waals surface area (Å²) in [6.07, 6.45) is 5.08. The topological polar surface area (TPSA) is 70.2 Å². The lowest BCUT2D eigenvalue weighted by molar-refractivity contribution is 0.196. The molecule has 3 rings (SSSR count). The molecule has 6 nitrogen and oxygen atoms in total. The normalized spacial score (nSPS) is 17.8. The molecule has 22 heavy (non-hydrogen) atoms. The first-order chi connectivity index (χ1) is 10.8. The molecule has 2 amide bonds. The molecule has 1 aliphatic rings. The molecule has 1 aromatic heterocycles. The summed E-state index contributed by atoms with van der Waals surface area (Å²) in [5, 5.41) is 6.29. The molecule has 114 valence electrons. The lowest BCUT2D eigenvalue weighted by atomic mass is 10.1. The second-order valence-corrected chi connectivity index (χ2v) is 5.32. The van der Waals surface area contributed by atoms with Crippen molar-refractivity contribution in [1.29, 1.82) is 0 Å². The Morgan fingerprint density at radius 3 is 2.86 bits per heavy atom. The van der Waals surface area contributed by atoms with Gasteiger partial charge in [0.2, 0.25) is 0 Å². The van der Waals surface area contributed by atoms with E-state index in [1.54, 1.807) is 12.3 Å². The zero-order valence-electron chi connectivity index (χ0n) is 12.3. The monoisotopic (exact) mass is 297 g/mol. The van der Waals surface area contributed by atoms with Crippen LogP contribution in [0.4, 0.5) is 16.3 Å². The van der Waals surface area contributed by atoms with Gasteiger partial charge < -0.3 is 10.2 Å². The summed E-state index contributed by atoms with van der Waals surface area (Å²) in [7, 11) is 0. The van der Waals surface area contributed by atoms with Gasteiger partial charge in [0.25, 0.3) is 0 Å². The minimum atomic E-state index is -0.113. The van der Waals surface area contributed by atoms with Crippen molar-refractivity contribution in [3.8, 4) is 0 Å². The van der Waals surface area contributed by atoms with E-state index in [1.807, 2.05) is 35.2 Å². The highest BCUT2D eigenvalue weighted by atomic mass is 16.2. The number of carbonyl (C=O) groups excluding carboxylic acids is 1. The Kier molecular flexibility index (Phi) is 4.48. The lowest BCUT2D eigenvalue weighted by Crippen LogP contribution is -2.46. The maximum Gasteiger partial charge on any atom is 0.323 e. The minimum absolute atomic E-state index is 0.113. The number of rotatable bonds is 3. The predicted octanol–water partition coefficient (Wildman–Crippen LogP) is 2.59. The summed E-state index contributed by atoms with van der Waals surface area (Å²) in [4.78, 5) is 22.0. The molecular formula is C16H19N5O. The third-order valence-corrected chi connectivity index (χ3v) is 3.67. The second kappa shape index (κ2) is 6.89. The molecule has 2 heterocycles. The van der Waals surface area contributed by atoms with E-state index in [-0.39, 0.29) is 12.1 Å². The van der Waals surface area contributed by atoms with Crippen LogP contribution in [0.1, 0.15) is 12.8 Å². The average molecular weight is 297 g/mol. The van der Waals surface area contributed by atoms with E-state index < -0.39 is 0 Å². The van der Waals surface area contributed by atoms with Crippen molar-refractivity contribution >= 4 is 17.5 Å². The SMILES string of the molecule is O=C(Nc1ccncn1)N1CCC[C@@H](Nc2ccccc2)C1. The number of nitrogens with one attached hydrogen (secondary N) is 2. The fourth-order valence-electron chi connectivity index (χ4n) is 2.60. The maximum absolute atomic E-state index is 12.3. The van der Waals surface area contributed by atoms with Crippen molar-refractivity contribution < 1.29 is 4.79 Å². The first kappa shape index (κ1) is 14.3. The van der Waals surface area contributed by atoms with Gasteiger partial charge in [0.15, 0.2) is 0 Å². The van der Waals surface area contributed by atoms with Gasteiger partial charge in [-0.25, -0.2) is 14.8 Å². The van der Waals surface area contributed by atoms with Gasteiger partial charge in [0.1, 0.15) is 12.1 Å². The van der Waals surface area contributed by atoms with E-state index in [4.69, 9.17) is 0 Å². The van der Waals surface area contributed by atoms with Crippen molar-refractivity contribution in [1.82, 2.24) is 14.9 Å². The predicted molar refractivity (Wildman–Crippen MR) is 85.7 cm³/mol. The quantitative estimate of drug-likeness (QED) is 0.913. The molecule has 1 aromatic carbocycles. The molecule has 1 atom stereocenters. The maximum atomic E-state index is 12.3. The van der Waals surface area contributed by atoms with Crippen LogP contribution >= 0.6 is 0 Å². The van der Waals surface area contributed by atoms with Gasteiger partial charge in [0.05, 0.1) is 0 Å². The number of aromatic nitrogens is 2. The van der Waals surface area contributed by atoms with Crippen molar-refractivity contribution in [2.24, 2.45) is 0 Å². The largest absolute Gasteiger partial charge is 0.381 e. The molecule has 0 bridgehead atoms. The lowest BCUT2D eigenvalue weighted by Gasteiger charge is -2.33. The summed E-state index contributed by atoms with van der Waals surface area (Å²) in [5.41, 5.74) is 1.09. The molecule has 2 N–H and O–H groups in total. The summed E-state index contributed by atoms with van der Waals surface area (Å²) in [6, 6.07) is 11.9. The van der Waals surface area contributed by atoms with E-state index in [9.17, 15) is 4.79 Å². The fourth-order valence-corrected chi connectivity index (χ4v) is 2.60. The van der Waals surface area contributed by atoms with Gasteiger partial charge in [-0.05, 0) is 31.0 Å². The highest BCUT2D eigenvalue weighted by molar-refractivity contribution is 5.88. The number of likely N-dealkylation sites (tertiary alicyclic amines) is 1. The first-order valence-corrected chi connectivity index (χ1v) is 7.45. The minimum Gasteiger partial charge on any atom is -0.381 e. The van der Waals surface area contributed by atoms with E-state index in [1.165, 1.54) is 6.33 Å². The number of hydrogen-bond donors (Lipinski definition) is 2. The number of urea groups is 1. The Morgan fingerprint density at radius 1 is 1.23 bits per heavy atom. The van der Waals surface area contributed by atoms with Crippen LogP contribution < -0.4 is 10.6 Å². The van der Waals surface area contributed by atoms with Crippen LogP contribution in [0.15, 0.2) is 48.9 Å². The van der Waals surface area contributed by atoms with Crippen molar-refractivity contribution in [2.75, 3.05) is 23.7 Å². The number of nitrogens with zero attached hydrogens (tertiary/aromatic N) is 3. The molecule has 0 unspecified atom stereocenters. The van der Waals surface area contributed by atoms with Crippen LogP contribution in [0.3, 0.4) is 0 Å². The summed E-state index contributed by atoms with van der Waals surface area (Å²) >= 11 is 0. The van der Waals surface area contributed by atoms with Crippen molar-refractivity contribution in [3.05, 3.63) is 48.9 Å². The van der Waals surface area contributed by atoms with E-state index in [0.717, 1.165) is 25.1 Å². The number of anilines is 2. The first-order valence-electron chi connectivity index (χ1n) is 7.45. The fraction of sp³-hybridized carbons (Fsp3) is 0.312. The van der Waals surface area contributed by atoms with Gasteiger partial charge >= 0.3 is 6.03 Å². The number of hydrogen-bond acceptors (Lipinski definition) is 4. The second-order valence-electron chi connectivity index (χ2n) is 5.32. The highest BCUT2D eigenvalue weighted by Crippen LogP contribution is 2.16. The van der Waals surface area contributed by atoms with Crippen LogP contribution in [0.2, 0.25) is 0 Å². The number of para-hydroxylation sites is 1. The van der Waals surface area contributed by atoms with Crippen molar-refractivity contribution in [3.63, 3.8) is 0 Å².